The van der Waals surface area contributed by atoms with Crippen LogP contribution >= 0.6 is 11.6 Å². The molecule has 0 saturated carbocycles. The molecule has 0 aliphatic heterocycles. The van der Waals surface area contributed by atoms with E-state index in [1.165, 1.54) is 12.3 Å². The van der Waals surface area contributed by atoms with Crippen molar-refractivity contribution in [3.8, 4) is 0 Å². The molecule has 3 rings (SSSR count). The fraction of sp³-hybridized carbons (Fsp3) is 0.100. The molecule has 1 N–H and O–H groups in total. The highest BCUT2D eigenvalue weighted by atomic mass is 35.5. The van der Waals surface area contributed by atoms with Crippen LogP contribution in [0.5, 0.6) is 0 Å². The average Bonchev–Trinajstić information content (AvgIpc) is 2.65. The first-order valence-corrected chi connectivity index (χ1v) is 8.39. The van der Waals surface area contributed by atoms with Crippen LogP contribution in [-0.4, -0.2) is 10.6 Å². The van der Waals surface area contributed by atoms with Gasteiger partial charge in [0.25, 0.3) is 11.5 Å². The van der Waals surface area contributed by atoms with Crippen molar-refractivity contribution in [1.82, 2.24) is 4.73 Å². The number of hydrogen-bond donors (Lipinski definition) is 1. The number of amides is 1. The van der Waals surface area contributed by atoms with E-state index in [1.54, 1.807) is 31.2 Å². The van der Waals surface area contributed by atoms with Gasteiger partial charge in [0, 0.05) is 16.9 Å². The molecule has 26 heavy (non-hydrogen) atoms. The molecular weight excluding hydrogens is 352 g/mol. The Labute approximate surface area is 155 Å². The minimum Gasteiger partial charge on any atom is -0.406 e. The number of rotatable bonds is 5. The van der Waals surface area contributed by atoms with E-state index in [9.17, 15) is 9.59 Å². The number of nitrogens with zero attached hydrogens (tertiary/aromatic N) is 1. The molecule has 6 heteroatoms. The second kappa shape index (κ2) is 7.89. The van der Waals surface area contributed by atoms with E-state index in [0.717, 1.165) is 15.9 Å². The molecule has 132 valence electrons. The fourth-order valence-corrected chi connectivity index (χ4v) is 2.57. The Hall–Kier alpha value is -3.05. The zero-order chi connectivity index (χ0) is 18.5. The van der Waals surface area contributed by atoms with E-state index in [1.807, 2.05) is 30.3 Å². The first-order chi connectivity index (χ1) is 12.6. The van der Waals surface area contributed by atoms with Crippen LogP contribution in [0.4, 0.5) is 5.69 Å². The Morgan fingerprint density at radius 2 is 1.85 bits per heavy atom. The van der Waals surface area contributed by atoms with Gasteiger partial charge >= 0.3 is 0 Å². The van der Waals surface area contributed by atoms with Gasteiger partial charge in [0.1, 0.15) is 12.2 Å². The third kappa shape index (κ3) is 3.95. The van der Waals surface area contributed by atoms with E-state index < -0.39 is 11.5 Å². The van der Waals surface area contributed by atoms with Crippen molar-refractivity contribution in [2.24, 2.45) is 0 Å². The lowest BCUT2D eigenvalue weighted by Gasteiger charge is -2.11. The Bertz CT molecular complexity index is 984. The van der Waals surface area contributed by atoms with Crippen LogP contribution in [0.1, 0.15) is 21.5 Å². The van der Waals surface area contributed by atoms with E-state index in [0.29, 0.717) is 10.7 Å². The second-order valence-electron chi connectivity index (χ2n) is 5.68. The highest BCUT2D eigenvalue weighted by Gasteiger charge is 2.14. The highest BCUT2D eigenvalue weighted by Crippen LogP contribution is 2.23. The number of hydrogen-bond acceptors (Lipinski definition) is 3. The molecule has 0 saturated heterocycles. The maximum atomic E-state index is 12.5. The number of anilines is 1. The lowest BCUT2D eigenvalue weighted by molar-refractivity contribution is 0.0863. The van der Waals surface area contributed by atoms with Crippen molar-refractivity contribution in [1.29, 1.82) is 0 Å². The van der Waals surface area contributed by atoms with E-state index in [4.69, 9.17) is 16.4 Å². The number of carbonyl (C=O) groups excluding carboxylic acids is 1. The summed E-state index contributed by atoms with van der Waals surface area (Å²) in [7, 11) is 0. The van der Waals surface area contributed by atoms with Gasteiger partial charge < -0.3 is 10.2 Å². The van der Waals surface area contributed by atoms with Crippen LogP contribution in [0.15, 0.2) is 71.7 Å². The molecule has 0 spiro atoms. The number of carbonyl (C=O) groups is 1. The summed E-state index contributed by atoms with van der Waals surface area (Å²) in [6.07, 6.45) is 1.48. The Morgan fingerprint density at radius 3 is 2.62 bits per heavy atom. The number of pyridine rings is 1. The molecule has 0 aliphatic rings. The third-order valence-electron chi connectivity index (χ3n) is 3.89. The standard InChI is InChI=1S/C20H17ClN2O3/c1-14-17(21)10-5-11-18(14)22-19(24)16-9-6-12-23(20(16)25)26-13-15-7-3-2-4-8-15/h2-12H,13H2,1H3,(H,22,24). The first-order valence-electron chi connectivity index (χ1n) is 8.01. The van der Waals surface area contributed by atoms with Crippen LogP contribution in [0.3, 0.4) is 0 Å². The van der Waals surface area contributed by atoms with Gasteiger partial charge in [0.2, 0.25) is 0 Å². The summed E-state index contributed by atoms with van der Waals surface area (Å²) >= 11 is 6.06. The Morgan fingerprint density at radius 1 is 1.08 bits per heavy atom. The van der Waals surface area contributed by atoms with E-state index >= 15 is 0 Å². The molecular formula is C20H17ClN2O3. The maximum absolute atomic E-state index is 12.5. The Kier molecular flexibility index (Phi) is 5.39. The molecule has 0 fully saturated rings. The maximum Gasteiger partial charge on any atom is 0.295 e. The normalized spacial score (nSPS) is 10.4. The largest absolute Gasteiger partial charge is 0.406 e. The van der Waals surface area contributed by atoms with Crippen molar-refractivity contribution >= 4 is 23.2 Å². The first kappa shape index (κ1) is 17.8. The molecule has 1 heterocycles. The van der Waals surface area contributed by atoms with Crippen LogP contribution in [-0.2, 0) is 6.61 Å². The van der Waals surface area contributed by atoms with E-state index in [-0.39, 0.29) is 12.2 Å². The molecule has 5 nitrogen and oxygen atoms in total. The minimum absolute atomic E-state index is 0.0139. The average molecular weight is 369 g/mol. The zero-order valence-corrected chi connectivity index (χ0v) is 14.9. The smallest absolute Gasteiger partial charge is 0.295 e. The third-order valence-corrected chi connectivity index (χ3v) is 4.30. The molecule has 3 aromatic rings. The molecule has 0 bridgehead atoms. The fourth-order valence-electron chi connectivity index (χ4n) is 2.40. The van der Waals surface area contributed by atoms with Gasteiger partial charge in [-0.2, -0.15) is 4.73 Å². The lowest BCUT2D eigenvalue weighted by Crippen LogP contribution is -2.32. The van der Waals surface area contributed by atoms with Crippen molar-refractivity contribution in [2.75, 3.05) is 5.32 Å². The van der Waals surface area contributed by atoms with E-state index in [2.05, 4.69) is 5.32 Å². The van der Waals surface area contributed by atoms with Crippen LogP contribution < -0.4 is 15.7 Å². The quantitative estimate of drug-likeness (QED) is 0.747. The van der Waals surface area contributed by atoms with Crippen molar-refractivity contribution in [3.05, 3.63) is 98.9 Å². The van der Waals surface area contributed by atoms with Gasteiger partial charge in [0.05, 0.1) is 0 Å². The number of aromatic nitrogens is 1. The molecule has 1 aromatic heterocycles. The molecule has 0 aliphatic carbocycles. The summed E-state index contributed by atoms with van der Waals surface area (Å²) in [6, 6.07) is 17.7. The summed E-state index contributed by atoms with van der Waals surface area (Å²) in [4.78, 5) is 30.5. The van der Waals surface area contributed by atoms with Crippen molar-refractivity contribution in [2.45, 2.75) is 13.5 Å². The predicted octanol–water partition coefficient (Wildman–Crippen LogP) is 3.69. The second-order valence-corrected chi connectivity index (χ2v) is 6.09. The number of halogens is 1. The van der Waals surface area contributed by atoms with Gasteiger partial charge in [-0.25, -0.2) is 0 Å². The van der Waals surface area contributed by atoms with Crippen molar-refractivity contribution < 1.29 is 9.63 Å². The lowest BCUT2D eigenvalue weighted by atomic mass is 10.2. The van der Waals surface area contributed by atoms with Crippen LogP contribution in [0.2, 0.25) is 5.02 Å². The summed E-state index contributed by atoms with van der Waals surface area (Å²) in [5.41, 5.74) is 1.67. The molecule has 0 radical (unpaired) electrons. The number of benzene rings is 2. The summed E-state index contributed by atoms with van der Waals surface area (Å²) in [6.45, 7) is 2.02. The summed E-state index contributed by atoms with van der Waals surface area (Å²) in [5, 5.41) is 3.26. The molecule has 1 amide bonds. The van der Waals surface area contributed by atoms with Gasteiger partial charge in [-0.1, -0.05) is 48.0 Å². The zero-order valence-electron chi connectivity index (χ0n) is 14.1. The number of nitrogens with one attached hydrogen (secondary N) is 1. The van der Waals surface area contributed by atoms with Gasteiger partial charge in [0.15, 0.2) is 0 Å². The topological polar surface area (TPSA) is 60.3 Å². The molecule has 0 atom stereocenters. The molecule has 0 unspecified atom stereocenters. The van der Waals surface area contributed by atoms with Gasteiger partial charge in [-0.05, 0) is 42.3 Å². The SMILES string of the molecule is Cc1c(Cl)cccc1NC(=O)c1cccn(OCc2ccccc2)c1=O. The highest BCUT2D eigenvalue weighted by molar-refractivity contribution is 6.31. The Balaban J connectivity index is 1.79. The summed E-state index contributed by atoms with van der Waals surface area (Å²) in [5.74, 6) is -0.516. The predicted molar refractivity (Wildman–Crippen MR) is 102 cm³/mol. The van der Waals surface area contributed by atoms with Gasteiger partial charge in [-0.15, -0.1) is 0 Å². The minimum atomic E-state index is -0.527. The van der Waals surface area contributed by atoms with Crippen LogP contribution in [0, 0.1) is 6.92 Å². The monoisotopic (exact) mass is 368 g/mol. The molecule has 2 aromatic carbocycles. The van der Waals surface area contributed by atoms with Crippen molar-refractivity contribution in [3.63, 3.8) is 0 Å². The van der Waals surface area contributed by atoms with Gasteiger partial charge in [-0.3, -0.25) is 9.59 Å². The summed E-state index contributed by atoms with van der Waals surface area (Å²) < 4.78 is 1.06. The van der Waals surface area contributed by atoms with Crippen LogP contribution in [0.25, 0.3) is 0 Å².